The molecule has 33 heavy (non-hydrogen) atoms. The number of imidazole rings is 1. The molecule has 3 aromatic heterocycles. The molecule has 1 aliphatic rings. The highest BCUT2D eigenvalue weighted by Crippen LogP contribution is 2.40. The van der Waals surface area contributed by atoms with Gasteiger partial charge in [-0.2, -0.15) is 0 Å². The van der Waals surface area contributed by atoms with E-state index in [9.17, 15) is 0 Å². The number of anilines is 1. The number of nitrogens with one attached hydrogen (secondary N) is 1. The molecule has 2 aromatic carbocycles. The number of benzene rings is 2. The average Bonchev–Trinajstić information content (AvgIpc) is 3.21. The Balaban J connectivity index is 1.45. The fraction of sp³-hybridized carbons (Fsp3) is 0.222. The quantitative estimate of drug-likeness (QED) is 0.405. The molecule has 3 N–H and O–H groups in total. The molecule has 0 spiro atoms. The predicted octanol–water partition coefficient (Wildman–Crippen LogP) is 5.05. The van der Waals surface area contributed by atoms with Crippen LogP contribution in [0.25, 0.3) is 38.9 Å². The van der Waals surface area contributed by atoms with Gasteiger partial charge in [-0.25, -0.2) is 15.0 Å². The van der Waals surface area contributed by atoms with Crippen LogP contribution >= 0.6 is 0 Å². The molecule has 1 saturated carbocycles. The van der Waals surface area contributed by atoms with E-state index in [-0.39, 0.29) is 0 Å². The van der Waals surface area contributed by atoms with E-state index in [1.165, 1.54) is 0 Å². The van der Waals surface area contributed by atoms with Crippen LogP contribution in [0.1, 0.15) is 31.5 Å². The fourth-order valence-electron chi connectivity index (χ4n) is 4.89. The van der Waals surface area contributed by atoms with Crippen LogP contribution in [-0.4, -0.2) is 31.9 Å². The van der Waals surface area contributed by atoms with Gasteiger partial charge in [0.25, 0.3) is 0 Å². The maximum atomic E-state index is 6.36. The second-order valence-corrected chi connectivity index (χ2v) is 8.74. The van der Waals surface area contributed by atoms with E-state index in [0.717, 1.165) is 64.1 Å². The summed E-state index contributed by atoms with van der Waals surface area (Å²) in [5.41, 5.74) is 12.1. The van der Waals surface area contributed by atoms with Gasteiger partial charge in [0, 0.05) is 40.9 Å². The minimum atomic E-state index is 0.417. The number of hydrogen-bond acceptors (Lipinski definition) is 5. The summed E-state index contributed by atoms with van der Waals surface area (Å²) in [7, 11) is 0. The number of nitrogen functional groups attached to an aromatic ring is 1. The third kappa shape index (κ3) is 3.43. The maximum absolute atomic E-state index is 6.36. The molecule has 0 atom stereocenters. The van der Waals surface area contributed by atoms with E-state index in [2.05, 4.69) is 64.1 Å². The van der Waals surface area contributed by atoms with Gasteiger partial charge in [-0.05, 0) is 31.5 Å². The number of pyridine rings is 1. The molecule has 0 amide bonds. The van der Waals surface area contributed by atoms with Gasteiger partial charge in [0.05, 0.1) is 11.2 Å². The number of aromatic nitrogens is 4. The van der Waals surface area contributed by atoms with E-state index in [1.54, 1.807) is 6.20 Å². The number of nitrogens with zero attached hydrogens (tertiary/aromatic N) is 4. The lowest BCUT2D eigenvalue weighted by Crippen LogP contribution is -2.40. The molecule has 3 heterocycles. The van der Waals surface area contributed by atoms with E-state index < -0.39 is 0 Å². The van der Waals surface area contributed by atoms with Crippen molar-refractivity contribution in [3.8, 4) is 22.5 Å². The lowest BCUT2D eigenvalue weighted by Gasteiger charge is -2.34. The summed E-state index contributed by atoms with van der Waals surface area (Å²) in [4.78, 5) is 14.4. The Morgan fingerprint density at radius 2 is 1.82 bits per heavy atom. The first-order valence-electron chi connectivity index (χ1n) is 11.5. The van der Waals surface area contributed by atoms with Gasteiger partial charge in [-0.15, -0.1) is 0 Å². The van der Waals surface area contributed by atoms with Crippen molar-refractivity contribution in [2.24, 2.45) is 0 Å². The van der Waals surface area contributed by atoms with Crippen molar-refractivity contribution < 1.29 is 0 Å². The first kappa shape index (κ1) is 19.9. The topological polar surface area (TPSA) is 81.1 Å². The van der Waals surface area contributed by atoms with Crippen molar-refractivity contribution in [1.82, 2.24) is 24.7 Å². The van der Waals surface area contributed by atoms with Gasteiger partial charge >= 0.3 is 0 Å². The molecule has 0 radical (unpaired) electrons. The van der Waals surface area contributed by atoms with Crippen LogP contribution in [0, 0.1) is 0 Å². The highest BCUT2D eigenvalue weighted by atomic mass is 15.1. The summed E-state index contributed by atoms with van der Waals surface area (Å²) >= 11 is 0. The maximum Gasteiger partial charge on any atom is 0.150 e. The second-order valence-electron chi connectivity index (χ2n) is 8.74. The average molecular weight is 435 g/mol. The lowest BCUT2D eigenvalue weighted by atomic mass is 9.79. The molecule has 1 aliphatic carbocycles. The molecule has 6 nitrogen and oxygen atoms in total. The Hall–Kier alpha value is -3.77. The Morgan fingerprint density at radius 3 is 2.64 bits per heavy atom. The van der Waals surface area contributed by atoms with E-state index in [1.807, 2.05) is 24.4 Å². The number of fused-ring (bicyclic) bond motifs is 2. The minimum absolute atomic E-state index is 0.417. The third-order valence-electron chi connectivity index (χ3n) is 6.64. The van der Waals surface area contributed by atoms with Gasteiger partial charge in [0.1, 0.15) is 22.9 Å². The summed E-state index contributed by atoms with van der Waals surface area (Å²) < 4.78 is 2.13. The van der Waals surface area contributed by atoms with Gasteiger partial charge in [-0.1, -0.05) is 55.5 Å². The molecule has 0 unspecified atom stereocenters. The van der Waals surface area contributed by atoms with Crippen LogP contribution in [0.3, 0.4) is 0 Å². The smallest absolute Gasteiger partial charge is 0.150 e. The van der Waals surface area contributed by atoms with Crippen LogP contribution in [0.5, 0.6) is 0 Å². The fourth-order valence-corrected chi connectivity index (χ4v) is 4.89. The normalized spacial score (nSPS) is 18.0. The number of hydrogen-bond donors (Lipinski definition) is 2. The van der Waals surface area contributed by atoms with Gasteiger partial charge in [0.2, 0.25) is 0 Å². The zero-order valence-corrected chi connectivity index (χ0v) is 18.6. The second kappa shape index (κ2) is 7.98. The van der Waals surface area contributed by atoms with Crippen LogP contribution in [0.15, 0.2) is 73.1 Å². The first-order valence-corrected chi connectivity index (χ1v) is 11.5. The van der Waals surface area contributed by atoms with Crippen LogP contribution in [-0.2, 0) is 0 Å². The molecule has 6 heteroatoms. The molecule has 0 aliphatic heterocycles. The lowest BCUT2D eigenvalue weighted by molar-refractivity contribution is 0.286. The van der Waals surface area contributed by atoms with E-state index in [4.69, 9.17) is 15.7 Å². The van der Waals surface area contributed by atoms with Crippen LogP contribution in [0.2, 0.25) is 0 Å². The summed E-state index contributed by atoms with van der Waals surface area (Å²) in [5, 5.41) is 4.63. The highest BCUT2D eigenvalue weighted by Gasteiger charge is 2.33. The van der Waals surface area contributed by atoms with Crippen molar-refractivity contribution >= 4 is 22.2 Å². The van der Waals surface area contributed by atoms with E-state index in [0.29, 0.717) is 17.8 Å². The summed E-state index contributed by atoms with van der Waals surface area (Å²) in [6.45, 7) is 3.15. The summed E-state index contributed by atoms with van der Waals surface area (Å²) in [5.74, 6) is 1.98. The summed E-state index contributed by atoms with van der Waals surface area (Å²) in [6.07, 6.45) is 5.92. The van der Waals surface area contributed by atoms with Gasteiger partial charge in [-0.3, -0.25) is 4.40 Å². The first-order chi connectivity index (χ1) is 16.2. The predicted molar refractivity (Wildman–Crippen MR) is 133 cm³/mol. The Bertz CT molecular complexity index is 1450. The monoisotopic (exact) mass is 434 g/mol. The Morgan fingerprint density at radius 1 is 1.00 bits per heavy atom. The Labute approximate surface area is 192 Å². The third-order valence-corrected chi connectivity index (χ3v) is 6.64. The minimum Gasteiger partial charge on any atom is -0.382 e. The van der Waals surface area contributed by atoms with Crippen molar-refractivity contribution in [2.75, 3.05) is 12.3 Å². The molecular weight excluding hydrogens is 408 g/mol. The van der Waals surface area contributed by atoms with Gasteiger partial charge in [0.15, 0.2) is 0 Å². The molecular formula is C27H26N6. The standard InChI is InChI=1S/C27H26N6/c1-2-29-21-14-20(15-21)27-32-24(25-26(28)30-12-13-33(25)27)19-9-8-18-10-11-22(31-23(18)16-19)17-6-4-3-5-7-17/h3-13,16,20-21,29H,2,14-15H2,1H3,(H2,28,30)/t20-,21+. The molecule has 1 fully saturated rings. The molecule has 5 aromatic rings. The summed E-state index contributed by atoms with van der Waals surface area (Å²) in [6, 6.07) is 21.3. The van der Waals surface area contributed by atoms with Crippen molar-refractivity contribution in [2.45, 2.75) is 31.7 Å². The number of nitrogens with two attached hydrogens (primary N) is 1. The zero-order chi connectivity index (χ0) is 22.4. The molecule has 164 valence electrons. The van der Waals surface area contributed by atoms with Crippen molar-refractivity contribution in [3.05, 3.63) is 78.9 Å². The van der Waals surface area contributed by atoms with Gasteiger partial charge < -0.3 is 11.1 Å². The van der Waals surface area contributed by atoms with Crippen molar-refractivity contribution in [1.29, 1.82) is 0 Å². The molecule has 0 saturated heterocycles. The van der Waals surface area contributed by atoms with Crippen molar-refractivity contribution in [3.63, 3.8) is 0 Å². The highest BCUT2D eigenvalue weighted by molar-refractivity contribution is 5.91. The van der Waals surface area contributed by atoms with Crippen LogP contribution in [0.4, 0.5) is 5.82 Å². The van der Waals surface area contributed by atoms with E-state index >= 15 is 0 Å². The molecule has 6 rings (SSSR count). The SMILES string of the molecule is CCN[C@H]1C[C@@H](c2nc(-c3ccc4ccc(-c5ccccc5)nc4c3)c3c(N)nccn32)C1. The number of rotatable bonds is 5. The Kier molecular flexibility index (Phi) is 4.80. The zero-order valence-electron chi connectivity index (χ0n) is 18.6. The van der Waals surface area contributed by atoms with Crippen LogP contribution < -0.4 is 11.1 Å². The largest absolute Gasteiger partial charge is 0.382 e. The molecule has 0 bridgehead atoms.